The average molecular weight is 557 g/mol. The summed E-state index contributed by atoms with van der Waals surface area (Å²) in [5, 5.41) is 22.0. The zero-order chi connectivity index (χ0) is 28.3. The van der Waals surface area contributed by atoms with Crippen molar-refractivity contribution < 1.29 is 28.6 Å². The zero-order valence-electron chi connectivity index (χ0n) is 23.3. The second kappa shape index (κ2) is 12.3. The summed E-state index contributed by atoms with van der Waals surface area (Å²) < 4.78 is 22.0. The number of anilines is 1. The third kappa shape index (κ3) is 6.95. The highest BCUT2D eigenvalue weighted by atomic mass is 28.4. The van der Waals surface area contributed by atoms with Crippen molar-refractivity contribution in [2.75, 3.05) is 11.9 Å². The highest BCUT2D eigenvalue weighted by molar-refractivity contribution is 6.72. The first-order valence-corrected chi connectivity index (χ1v) is 16.8. The molecule has 212 valence electrons. The molecule has 7 nitrogen and oxygen atoms in total. The van der Waals surface area contributed by atoms with Gasteiger partial charge in [0.25, 0.3) is 5.91 Å². The molecule has 2 aliphatic rings. The predicted octanol–water partition coefficient (Wildman–Crippen LogP) is 4.22. The second-order valence-corrected chi connectivity index (χ2v) is 15.4. The molecular weight excluding hydrogens is 515 g/mol. The molecule has 3 N–H and O–H groups in total. The number of halogens is 1. The normalized spacial score (nSPS) is 25.7. The third-order valence-electron chi connectivity index (χ3n) is 8.28. The van der Waals surface area contributed by atoms with Crippen molar-refractivity contribution >= 4 is 25.9 Å². The highest BCUT2D eigenvalue weighted by Gasteiger charge is 2.52. The predicted molar refractivity (Wildman–Crippen MR) is 151 cm³/mol. The molecular formula is C30H41FN2O5Si. The fourth-order valence-electron chi connectivity index (χ4n) is 6.22. The number of aliphatic hydroxyl groups excluding tert-OH is 2. The van der Waals surface area contributed by atoms with Crippen LogP contribution in [0.5, 0.6) is 0 Å². The molecule has 0 bridgehead atoms. The molecule has 2 heterocycles. The second-order valence-electron chi connectivity index (χ2n) is 11.6. The van der Waals surface area contributed by atoms with E-state index in [9.17, 15) is 19.8 Å². The van der Waals surface area contributed by atoms with Gasteiger partial charge in [0.2, 0.25) is 14.3 Å². The van der Waals surface area contributed by atoms with Gasteiger partial charge in [-0.1, -0.05) is 43.3 Å². The van der Waals surface area contributed by atoms with E-state index in [-0.39, 0.29) is 42.5 Å². The molecule has 9 heteroatoms. The summed E-state index contributed by atoms with van der Waals surface area (Å²) in [6.07, 6.45) is 0.403. The van der Waals surface area contributed by atoms with E-state index in [0.717, 1.165) is 23.1 Å². The summed E-state index contributed by atoms with van der Waals surface area (Å²) >= 11 is 0. The molecule has 6 atom stereocenters. The first-order chi connectivity index (χ1) is 18.5. The summed E-state index contributed by atoms with van der Waals surface area (Å²) in [4.78, 5) is 27.0. The van der Waals surface area contributed by atoms with Crippen molar-refractivity contribution in [1.29, 1.82) is 0 Å². The Morgan fingerprint density at radius 2 is 1.79 bits per heavy atom. The van der Waals surface area contributed by atoms with Gasteiger partial charge in [0.05, 0.1) is 31.3 Å². The lowest BCUT2D eigenvalue weighted by Crippen LogP contribution is -2.48. The van der Waals surface area contributed by atoms with E-state index in [1.165, 1.54) is 6.92 Å². The van der Waals surface area contributed by atoms with Crippen LogP contribution < -0.4 is 5.32 Å². The maximum atomic E-state index is 15.6. The SMILES string of the molecule is C[C@@H]1[C@@H]([Si](C)(C)F)[C@H](CC(=O)N2Cc3ccccc3C[C@H]2CO)O[C@@H]1CCc1ccc(NC(=O)[C@H](C)O)cc1. The largest absolute Gasteiger partial charge is 0.394 e. The maximum Gasteiger partial charge on any atom is 0.252 e. The van der Waals surface area contributed by atoms with Crippen molar-refractivity contribution in [3.05, 3.63) is 65.2 Å². The molecule has 2 aromatic rings. The molecule has 0 spiro atoms. The van der Waals surface area contributed by atoms with Gasteiger partial charge in [0, 0.05) is 17.8 Å². The number of aryl methyl sites for hydroxylation is 1. The molecule has 0 saturated carbocycles. The number of nitrogens with zero attached hydrogens (tertiary/aromatic N) is 1. The number of carbonyl (C=O) groups is 2. The molecule has 2 aromatic carbocycles. The molecule has 0 unspecified atom stereocenters. The van der Waals surface area contributed by atoms with Crippen LogP contribution in [0.2, 0.25) is 18.6 Å². The minimum Gasteiger partial charge on any atom is -0.394 e. The number of hydrogen-bond donors (Lipinski definition) is 3. The molecule has 2 aliphatic heterocycles. The Balaban J connectivity index is 1.41. The van der Waals surface area contributed by atoms with Crippen molar-refractivity contribution in [2.24, 2.45) is 5.92 Å². The first-order valence-electron chi connectivity index (χ1n) is 13.9. The van der Waals surface area contributed by atoms with Crippen LogP contribution >= 0.6 is 0 Å². The van der Waals surface area contributed by atoms with Gasteiger partial charge in [-0.2, -0.15) is 0 Å². The number of carbonyl (C=O) groups excluding carboxylic acids is 2. The minimum atomic E-state index is -3.14. The van der Waals surface area contributed by atoms with E-state index < -0.39 is 26.5 Å². The lowest BCUT2D eigenvalue weighted by atomic mass is 9.93. The van der Waals surface area contributed by atoms with Crippen molar-refractivity contribution in [3.63, 3.8) is 0 Å². The summed E-state index contributed by atoms with van der Waals surface area (Å²) in [6.45, 7) is 7.19. The monoisotopic (exact) mass is 556 g/mol. The zero-order valence-corrected chi connectivity index (χ0v) is 24.3. The molecule has 0 aromatic heterocycles. The quantitative estimate of drug-likeness (QED) is 0.317. The Morgan fingerprint density at radius 3 is 2.41 bits per heavy atom. The number of ether oxygens (including phenoxy) is 1. The Bertz CT molecular complexity index is 1150. The average Bonchev–Trinajstić information content (AvgIpc) is 3.22. The molecule has 0 radical (unpaired) electrons. The van der Waals surface area contributed by atoms with Crippen LogP contribution in [-0.4, -0.2) is 66.3 Å². The lowest BCUT2D eigenvalue weighted by Gasteiger charge is -2.37. The fraction of sp³-hybridized carbons (Fsp3) is 0.533. The van der Waals surface area contributed by atoms with Crippen LogP contribution in [0.15, 0.2) is 48.5 Å². The van der Waals surface area contributed by atoms with Crippen molar-refractivity contribution in [3.8, 4) is 0 Å². The van der Waals surface area contributed by atoms with Crippen LogP contribution in [0.25, 0.3) is 0 Å². The van der Waals surface area contributed by atoms with Crippen LogP contribution in [0.3, 0.4) is 0 Å². The molecule has 1 fully saturated rings. The van der Waals surface area contributed by atoms with Gasteiger partial charge < -0.3 is 29.3 Å². The van der Waals surface area contributed by atoms with E-state index in [1.807, 2.05) is 43.3 Å². The van der Waals surface area contributed by atoms with Crippen molar-refractivity contribution in [2.45, 2.75) is 89.1 Å². The first kappa shape index (κ1) is 29.4. The lowest BCUT2D eigenvalue weighted by molar-refractivity contribution is -0.138. The van der Waals surface area contributed by atoms with Crippen LogP contribution in [0, 0.1) is 5.92 Å². The summed E-state index contributed by atoms with van der Waals surface area (Å²) in [7, 11) is -3.14. The smallest absolute Gasteiger partial charge is 0.252 e. The molecule has 4 rings (SSSR count). The molecule has 39 heavy (non-hydrogen) atoms. The fourth-order valence-corrected chi connectivity index (χ4v) is 8.76. The molecule has 1 saturated heterocycles. The Morgan fingerprint density at radius 1 is 1.13 bits per heavy atom. The van der Waals surface area contributed by atoms with Crippen molar-refractivity contribution in [1.82, 2.24) is 4.90 Å². The number of amides is 2. The van der Waals surface area contributed by atoms with Crippen LogP contribution in [-0.2, 0) is 33.7 Å². The summed E-state index contributed by atoms with van der Waals surface area (Å²) in [6, 6.07) is 15.1. The van der Waals surface area contributed by atoms with Crippen LogP contribution in [0.4, 0.5) is 9.80 Å². The van der Waals surface area contributed by atoms with Gasteiger partial charge in [0.15, 0.2) is 0 Å². The van der Waals surface area contributed by atoms with Gasteiger partial charge in [0.1, 0.15) is 6.10 Å². The van der Waals surface area contributed by atoms with Gasteiger partial charge in [-0.15, -0.1) is 0 Å². The van der Waals surface area contributed by atoms with Gasteiger partial charge in [-0.3, -0.25) is 9.59 Å². The number of nitrogens with one attached hydrogen (secondary N) is 1. The van der Waals surface area contributed by atoms with E-state index in [2.05, 4.69) is 5.32 Å². The van der Waals surface area contributed by atoms with Gasteiger partial charge >= 0.3 is 0 Å². The topological polar surface area (TPSA) is 99.1 Å². The summed E-state index contributed by atoms with van der Waals surface area (Å²) in [5.41, 5.74) is 3.61. The number of benzene rings is 2. The van der Waals surface area contributed by atoms with Crippen LogP contribution in [0.1, 0.15) is 43.4 Å². The van der Waals surface area contributed by atoms with E-state index >= 15 is 4.11 Å². The Kier molecular flexibility index (Phi) is 9.26. The third-order valence-corrected chi connectivity index (χ3v) is 10.8. The molecule has 0 aliphatic carbocycles. The van der Waals surface area contributed by atoms with E-state index in [0.29, 0.717) is 25.1 Å². The Hall–Kier alpha value is -2.59. The Labute approximate surface area is 231 Å². The van der Waals surface area contributed by atoms with E-state index in [1.54, 1.807) is 30.1 Å². The number of fused-ring (bicyclic) bond motifs is 1. The van der Waals surface area contributed by atoms with Gasteiger partial charge in [-0.25, -0.2) is 0 Å². The number of rotatable bonds is 9. The number of hydrogen-bond acceptors (Lipinski definition) is 5. The summed E-state index contributed by atoms with van der Waals surface area (Å²) in [5.74, 6) is -0.575. The number of aliphatic hydroxyl groups is 2. The molecule has 2 amide bonds. The maximum absolute atomic E-state index is 15.6. The standard InChI is InChI=1S/C30H41FN2O5Si/c1-19-26(14-11-21-9-12-24(13-10-21)32-30(37)20(2)35)38-27(29(19)39(3,4)31)16-28(36)33-17-23-8-6-5-7-22(23)15-25(33)18-34/h5-10,12-13,19-20,25-27,29,34-35H,11,14-18H2,1-4H3,(H,32,37)/t19-,20-,25-,26+,27-,29+/m0/s1. The highest BCUT2D eigenvalue weighted by Crippen LogP contribution is 2.47. The van der Waals surface area contributed by atoms with E-state index in [4.69, 9.17) is 4.74 Å². The van der Waals surface area contributed by atoms with Gasteiger partial charge in [-0.05, 0) is 74.0 Å². The minimum absolute atomic E-state index is 0.0187.